The zero-order valence-corrected chi connectivity index (χ0v) is 9.89. The molecule has 2 nitrogen and oxygen atoms in total. The van der Waals surface area contributed by atoms with E-state index in [1.165, 1.54) is 11.3 Å². The highest BCUT2D eigenvalue weighted by Gasteiger charge is 2.18. The third kappa shape index (κ3) is 1.76. The van der Waals surface area contributed by atoms with Gasteiger partial charge in [0, 0.05) is 18.7 Å². The third-order valence-electron chi connectivity index (χ3n) is 3.14. The lowest BCUT2D eigenvalue weighted by Gasteiger charge is -2.21. The summed E-state index contributed by atoms with van der Waals surface area (Å²) in [6, 6.07) is 16.5. The molecule has 1 aliphatic rings. The van der Waals surface area contributed by atoms with E-state index in [0.717, 1.165) is 24.6 Å². The Morgan fingerprint density at radius 1 is 1.00 bits per heavy atom. The van der Waals surface area contributed by atoms with Crippen molar-refractivity contribution in [1.82, 2.24) is 0 Å². The highest BCUT2D eigenvalue weighted by atomic mass is 16.5. The van der Waals surface area contributed by atoms with Gasteiger partial charge in [-0.2, -0.15) is 0 Å². The van der Waals surface area contributed by atoms with Gasteiger partial charge in [0.1, 0.15) is 5.75 Å². The van der Waals surface area contributed by atoms with Crippen LogP contribution in [0.15, 0.2) is 48.5 Å². The molecule has 1 aliphatic heterocycles. The zero-order chi connectivity index (χ0) is 11.7. The second-order valence-electron chi connectivity index (χ2n) is 4.19. The minimum atomic E-state index is 0.906. The first-order valence-electron chi connectivity index (χ1n) is 5.98. The molecule has 0 bridgehead atoms. The van der Waals surface area contributed by atoms with Crippen molar-refractivity contribution in [3.63, 3.8) is 0 Å². The topological polar surface area (TPSA) is 12.5 Å². The number of fused-ring (bicyclic) bond motifs is 2. The summed E-state index contributed by atoms with van der Waals surface area (Å²) in [5.41, 5.74) is 2.41. The summed E-state index contributed by atoms with van der Waals surface area (Å²) in [7, 11) is 0. The van der Waals surface area contributed by atoms with E-state index in [4.69, 9.17) is 4.74 Å². The van der Waals surface area contributed by atoms with E-state index in [9.17, 15) is 0 Å². The molecule has 0 saturated heterocycles. The maximum atomic E-state index is 5.99. The van der Waals surface area contributed by atoms with Gasteiger partial charge >= 0.3 is 0 Å². The fourth-order valence-electron chi connectivity index (χ4n) is 2.23. The molecule has 0 radical (unpaired) electrons. The van der Waals surface area contributed by atoms with Crippen LogP contribution in [-0.2, 0) is 6.54 Å². The summed E-state index contributed by atoms with van der Waals surface area (Å²) >= 11 is 0. The molecule has 86 valence electrons. The first-order chi connectivity index (χ1) is 8.38. The number of nitrogens with zero attached hydrogens (tertiary/aromatic N) is 1. The predicted molar refractivity (Wildman–Crippen MR) is 69.7 cm³/mol. The van der Waals surface area contributed by atoms with Gasteiger partial charge < -0.3 is 9.64 Å². The summed E-state index contributed by atoms with van der Waals surface area (Å²) in [4.78, 5) is 2.33. The molecule has 17 heavy (non-hydrogen) atoms. The Bertz CT molecular complexity index is 536. The summed E-state index contributed by atoms with van der Waals surface area (Å²) in [5, 5.41) is 0. The largest absolute Gasteiger partial charge is 0.455 e. The molecule has 0 spiro atoms. The van der Waals surface area contributed by atoms with E-state index in [1.807, 2.05) is 24.3 Å². The Morgan fingerprint density at radius 2 is 1.71 bits per heavy atom. The van der Waals surface area contributed by atoms with Gasteiger partial charge in [0.25, 0.3) is 0 Å². The van der Waals surface area contributed by atoms with Crippen molar-refractivity contribution in [3.05, 3.63) is 54.1 Å². The quantitative estimate of drug-likeness (QED) is 0.731. The number of hydrogen-bond donors (Lipinski definition) is 0. The van der Waals surface area contributed by atoms with Crippen molar-refractivity contribution in [2.75, 3.05) is 11.4 Å². The summed E-state index contributed by atoms with van der Waals surface area (Å²) in [6.07, 6.45) is 0. The average molecular weight is 225 g/mol. The van der Waals surface area contributed by atoms with Crippen molar-refractivity contribution in [3.8, 4) is 11.5 Å². The fraction of sp³-hybridized carbons (Fsp3) is 0.200. The van der Waals surface area contributed by atoms with Crippen LogP contribution in [0.2, 0.25) is 0 Å². The maximum Gasteiger partial charge on any atom is 0.150 e. The smallest absolute Gasteiger partial charge is 0.150 e. The van der Waals surface area contributed by atoms with E-state index in [2.05, 4.69) is 36.1 Å². The molecule has 2 aromatic carbocycles. The Labute approximate surface area is 101 Å². The average Bonchev–Trinajstić information content (AvgIpc) is 2.54. The lowest BCUT2D eigenvalue weighted by Crippen LogP contribution is -2.20. The predicted octanol–water partition coefficient (Wildman–Crippen LogP) is 3.82. The van der Waals surface area contributed by atoms with E-state index in [-0.39, 0.29) is 0 Å². The van der Waals surface area contributed by atoms with Gasteiger partial charge in [-0.25, -0.2) is 0 Å². The lowest BCUT2D eigenvalue weighted by molar-refractivity contribution is 0.483. The molecule has 0 unspecified atom stereocenters. The number of anilines is 1. The Morgan fingerprint density at radius 3 is 2.53 bits per heavy atom. The van der Waals surface area contributed by atoms with Gasteiger partial charge in [0.15, 0.2) is 5.75 Å². The monoisotopic (exact) mass is 225 g/mol. The second-order valence-corrected chi connectivity index (χ2v) is 4.19. The van der Waals surface area contributed by atoms with Crippen molar-refractivity contribution < 1.29 is 4.74 Å². The van der Waals surface area contributed by atoms with Crippen LogP contribution in [0.1, 0.15) is 12.5 Å². The molecule has 0 aliphatic carbocycles. The second kappa shape index (κ2) is 4.13. The number of hydrogen-bond acceptors (Lipinski definition) is 2. The highest BCUT2D eigenvalue weighted by molar-refractivity contribution is 5.62. The normalized spacial score (nSPS) is 13.4. The van der Waals surface area contributed by atoms with Gasteiger partial charge in [0.2, 0.25) is 0 Å². The van der Waals surface area contributed by atoms with Crippen molar-refractivity contribution in [2.24, 2.45) is 0 Å². The molecule has 2 aromatic rings. The van der Waals surface area contributed by atoms with E-state index < -0.39 is 0 Å². The Hall–Kier alpha value is -1.96. The highest BCUT2D eigenvalue weighted by Crippen LogP contribution is 2.38. The summed E-state index contributed by atoms with van der Waals surface area (Å²) < 4.78 is 5.99. The number of ether oxygens (including phenoxy) is 1. The lowest BCUT2D eigenvalue weighted by atomic mass is 10.2. The fourth-order valence-corrected chi connectivity index (χ4v) is 2.23. The van der Waals surface area contributed by atoms with Crippen molar-refractivity contribution >= 4 is 5.69 Å². The molecule has 1 heterocycles. The van der Waals surface area contributed by atoms with Gasteiger partial charge in [0.05, 0.1) is 5.69 Å². The minimum absolute atomic E-state index is 0.906. The molecule has 0 saturated carbocycles. The van der Waals surface area contributed by atoms with Crippen LogP contribution in [0.4, 0.5) is 5.69 Å². The van der Waals surface area contributed by atoms with Gasteiger partial charge in [-0.05, 0) is 25.1 Å². The first kappa shape index (κ1) is 10.2. The van der Waals surface area contributed by atoms with Crippen molar-refractivity contribution in [1.29, 1.82) is 0 Å². The summed E-state index contributed by atoms with van der Waals surface area (Å²) in [5.74, 6) is 1.91. The van der Waals surface area contributed by atoms with E-state index >= 15 is 0 Å². The number of rotatable bonds is 1. The van der Waals surface area contributed by atoms with Gasteiger partial charge in [-0.15, -0.1) is 0 Å². The number of benzene rings is 2. The molecular weight excluding hydrogens is 210 g/mol. The number of para-hydroxylation sites is 3. The third-order valence-corrected chi connectivity index (χ3v) is 3.14. The van der Waals surface area contributed by atoms with Crippen LogP contribution in [0, 0.1) is 0 Å². The van der Waals surface area contributed by atoms with Crippen LogP contribution in [-0.4, -0.2) is 6.54 Å². The van der Waals surface area contributed by atoms with Crippen LogP contribution in [0.25, 0.3) is 0 Å². The molecule has 3 rings (SSSR count). The SMILES string of the molecule is CCN1Cc2ccccc2Oc2ccccc21. The van der Waals surface area contributed by atoms with Crippen LogP contribution < -0.4 is 9.64 Å². The Balaban J connectivity index is 2.13. The standard InChI is InChI=1S/C15H15NO/c1-2-16-11-12-7-3-5-9-14(12)17-15-10-6-4-8-13(15)16/h3-10H,2,11H2,1H3. The van der Waals surface area contributed by atoms with Crippen LogP contribution in [0.3, 0.4) is 0 Å². The first-order valence-corrected chi connectivity index (χ1v) is 5.98. The molecular formula is C15H15NO. The van der Waals surface area contributed by atoms with E-state index in [0.29, 0.717) is 0 Å². The molecule has 0 fully saturated rings. The summed E-state index contributed by atoms with van der Waals surface area (Å²) in [6.45, 7) is 4.06. The molecule has 2 heteroatoms. The van der Waals surface area contributed by atoms with Gasteiger partial charge in [-0.1, -0.05) is 30.3 Å². The van der Waals surface area contributed by atoms with E-state index in [1.54, 1.807) is 0 Å². The maximum absolute atomic E-state index is 5.99. The molecule has 0 amide bonds. The molecule has 0 aromatic heterocycles. The van der Waals surface area contributed by atoms with Crippen LogP contribution >= 0.6 is 0 Å². The molecule has 0 N–H and O–H groups in total. The Kier molecular flexibility index (Phi) is 2.48. The van der Waals surface area contributed by atoms with Gasteiger partial charge in [-0.3, -0.25) is 0 Å². The molecule has 0 atom stereocenters. The zero-order valence-electron chi connectivity index (χ0n) is 9.89. The minimum Gasteiger partial charge on any atom is -0.455 e. The van der Waals surface area contributed by atoms with Crippen LogP contribution in [0.5, 0.6) is 11.5 Å². The van der Waals surface area contributed by atoms with Crippen molar-refractivity contribution in [2.45, 2.75) is 13.5 Å².